The molecule has 98 valence electrons. The lowest BCUT2D eigenvalue weighted by Crippen LogP contribution is -2.43. The Morgan fingerprint density at radius 2 is 1.76 bits per heavy atom. The summed E-state index contributed by atoms with van der Waals surface area (Å²) in [6.45, 7) is 7.00. The van der Waals surface area contributed by atoms with Crippen molar-refractivity contribution in [2.45, 2.75) is 53.0 Å². The fourth-order valence-corrected chi connectivity index (χ4v) is 1.19. The van der Waals surface area contributed by atoms with Gasteiger partial charge in [0, 0.05) is 18.3 Å². The molecule has 1 unspecified atom stereocenters. The molecule has 0 aliphatic rings. The number of carboxylic acid groups (broad SMARTS) is 1. The van der Waals surface area contributed by atoms with Crippen LogP contribution in [0.1, 0.15) is 47.0 Å². The predicted octanol–water partition coefficient (Wildman–Crippen LogP) is 1.36. The molecule has 0 heterocycles. The summed E-state index contributed by atoms with van der Waals surface area (Å²) in [6, 6.07) is -1.12. The van der Waals surface area contributed by atoms with Gasteiger partial charge in [0.1, 0.15) is 11.8 Å². The molecule has 0 spiro atoms. The third-order valence-corrected chi connectivity index (χ3v) is 2.34. The zero-order chi connectivity index (χ0) is 13.6. The van der Waals surface area contributed by atoms with Gasteiger partial charge >= 0.3 is 5.97 Å². The molecule has 5 heteroatoms. The van der Waals surface area contributed by atoms with Crippen LogP contribution >= 0.6 is 0 Å². The predicted molar refractivity (Wildman–Crippen MR) is 63.6 cm³/mol. The van der Waals surface area contributed by atoms with Gasteiger partial charge in [-0.05, 0) is 6.42 Å². The van der Waals surface area contributed by atoms with E-state index in [0.717, 1.165) is 0 Å². The summed E-state index contributed by atoms with van der Waals surface area (Å²) in [7, 11) is 0. The van der Waals surface area contributed by atoms with E-state index in [-0.39, 0.29) is 24.5 Å². The maximum Gasteiger partial charge on any atom is 0.326 e. The van der Waals surface area contributed by atoms with Crippen LogP contribution < -0.4 is 5.32 Å². The van der Waals surface area contributed by atoms with Crippen LogP contribution in [0.2, 0.25) is 0 Å². The number of nitrogens with one attached hydrogen (secondary N) is 1. The summed E-state index contributed by atoms with van der Waals surface area (Å²) >= 11 is 0. The molecule has 1 amide bonds. The third kappa shape index (κ3) is 6.04. The van der Waals surface area contributed by atoms with E-state index in [2.05, 4.69) is 5.32 Å². The third-order valence-electron chi connectivity index (χ3n) is 2.34. The summed E-state index contributed by atoms with van der Waals surface area (Å²) in [4.78, 5) is 33.9. The van der Waals surface area contributed by atoms with Crippen molar-refractivity contribution in [3.63, 3.8) is 0 Å². The van der Waals surface area contributed by atoms with Gasteiger partial charge in [0.2, 0.25) is 5.91 Å². The second kappa shape index (κ2) is 6.37. The van der Waals surface area contributed by atoms with E-state index in [1.54, 1.807) is 20.8 Å². The van der Waals surface area contributed by atoms with Gasteiger partial charge in [-0.25, -0.2) is 4.79 Å². The van der Waals surface area contributed by atoms with Gasteiger partial charge in [0.05, 0.1) is 0 Å². The highest BCUT2D eigenvalue weighted by atomic mass is 16.4. The van der Waals surface area contributed by atoms with Crippen molar-refractivity contribution in [1.82, 2.24) is 5.32 Å². The average Bonchev–Trinajstić information content (AvgIpc) is 2.15. The molecule has 0 aromatic heterocycles. The Hall–Kier alpha value is -1.39. The first-order valence-corrected chi connectivity index (χ1v) is 5.74. The zero-order valence-corrected chi connectivity index (χ0v) is 10.9. The van der Waals surface area contributed by atoms with Crippen molar-refractivity contribution in [3.8, 4) is 0 Å². The van der Waals surface area contributed by atoms with E-state index in [4.69, 9.17) is 5.11 Å². The number of hydrogen-bond acceptors (Lipinski definition) is 3. The first kappa shape index (κ1) is 15.6. The molecule has 0 aliphatic carbocycles. The Morgan fingerprint density at radius 1 is 1.24 bits per heavy atom. The van der Waals surface area contributed by atoms with Crippen LogP contribution in [0.4, 0.5) is 0 Å². The Morgan fingerprint density at radius 3 is 2.12 bits per heavy atom. The summed E-state index contributed by atoms with van der Waals surface area (Å²) in [5, 5.41) is 11.3. The number of hydrogen-bond donors (Lipinski definition) is 2. The number of amides is 1. The first-order chi connectivity index (χ1) is 7.68. The molecular formula is C12H21NO4. The molecule has 0 rings (SSSR count). The number of carbonyl (C=O) groups is 3. The van der Waals surface area contributed by atoms with E-state index in [1.165, 1.54) is 0 Å². The fourth-order valence-electron chi connectivity index (χ4n) is 1.19. The smallest absolute Gasteiger partial charge is 0.326 e. The maximum absolute atomic E-state index is 11.7. The lowest BCUT2D eigenvalue weighted by Gasteiger charge is -2.20. The van der Waals surface area contributed by atoms with Crippen LogP contribution in [0, 0.1) is 5.41 Å². The van der Waals surface area contributed by atoms with Gasteiger partial charge in [0.15, 0.2) is 0 Å². The highest BCUT2D eigenvalue weighted by molar-refractivity contribution is 5.91. The highest BCUT2D eigenvalue weighted by Crippen LogP contribution is 2.17. The number of carbonyl (C=O) groups excluding carboxylic acids is 2. The molecule has 0 aliphatic heterocycles. The maximum atomic E-state index is 11.7. The number of Topliss-reactive ketones (excluding diaryl/α,β-unsaturated/α-hetero) is 1. The quantitative estimate of drug-likeness (QED) is 0.737. The summed E-state index contributed by atoms with van der Waals surface area (Å²) in [5.41, 5.74) is -0.594. The van der Waals surface area contributed by atoms with Gasteiger partial charge in [-0.15, -0.1) is 0 Å². The molecule has 0 aromatic rings. The van der Waals surface area contributed by atoms with Gasteiger partial charge in [-0.2, -0.15) is 0 Å². The van der Waals surface area contributed by atoms with Gasteiger partial charge in [-0.1, -0.05) is 27.7 Å². The molecule has 0 radical (unpaired) electrons. The van der Waals surface area contributed by atoms with Crippen LogP contribution in [0.5, 0.6) is 0 Å². The van der Waals surface area contributed by atoms with Crippen LogP contribution in [-0.4, -0.2) is 28.8 Å². The molecule has 0 saturated heterocycles. The normalized spacial score (nSPS) is 12.9. The summed E-state index contributed by atoms with van der Waals surface area (Å²) in [5.74, 6) is -1.68. The molecule has 2 N–H and O–H groups in total. The fraction of sp³-hybridized carbons (Fsp3) is 0.750. The Labute approximate surface area is 102 Å². The van der Waals surface area contributed by atoms with Crippen molar-refractivity contribution in [2.75, 3.05) is 0 Å². The Kier molecular flexibility index (Phi) is 5.85. The molecule has 0 aromatic carbocycles. The molecule has 5 nitrogen and oxygen atoms in total. The van der Waals surface area contributed by atoms with Crippen molar-refractivity contribution in [1.29, 1.82) is 0 Å². The molecule has 0 bridgehead atoms. The average molecular weight is 243 g/mol. The second-order valence-electron chi connectivity index (χ2n) is 5.09. The van der Waals surface area contributed by atoms with Crippen LogP contribution in [-0.2, 0) is 14.4 Å². The molecule has 1 atom stereocenters. The zero-order valence-electron chi connectivity index (χ0n) is 10.9. The highest BCUT2D eigenvalue weighted by Gasteiger charge is 2.28. The minimum Gasteiger partial charge on any atom is -0.480 e. The monoisotopic (exact) mass is 243 g/mol. The lowest BCUT2D eigenvalue weighted by atomic mass is 9.87. The van der Waals surface area contributed by atoms with Crippen molar-refractivity contribution in [2.24, 2.45) is 5.41 Å². The van der Waals surface area contributed by atoms with E-state index in [1.807, 2.05) is 6.92 Å². The minimum absolute atomic E-state index is 0.172. The number of rotatable bonds is 6. The summed E-state index contributed by atoms with van der Waals surface area (Å²) < 4.78 is 0. The van der Waals surface area contributed by atoms with Crippen LogP contribution in [0.15, 0.2) is 0 Å². The number of ketones is 1. The van der Waals surface area contributed by atoms with E-state index in [9.17, 15) is 14.4 Å². The van der Waals surface area contributed by atoms with E-state index >= 15 is 0 Å². The Balaban J connectivity index is 4.51. The molecule has 17 heavy (non-hydrogen) atoms. The van der Waals surface area contributed by atoms with Crippen LogP contribution in [0.25, 0.3) is 0 Å². The number of carboxylic acids is 1. The molecular weight excluding hydrogens is 222 g/mol. The largest absolute Gasteiger partial charge is 0.480 e. The van der Waals surface area contributed by atoms with Crippen molar-refractivity contribution >= 4 is 17.7 Å². The number of aliphatic carboxylic acids is 1. The second-order valence-corrected chi connectivity index (χ2v) is 5.09. The molecule has 0 fully saturated rings. The lowest BCUT2D eigenvalue weighted by molar-refractivity contribution is -0.144. The van der Waals surface area contributed by atoms with E-state index < -0.39 is 17.4 Å². The standard InChI is InChI=1S/C12H21NO4/c1-5-6-10(15)13-8(11(16)17)7-9(14)12(2,3)4/h8H,5-7H2,1-4H3,(H,13,15)(H,16,17). The first-order valence-electron chi connectivity index (χ1n) is 5.74. The van der Waals surface area contributed by atoms with Gasteiger partial charge in [-0.3, -0.25) is 9.59 Å². The van der Waals surface area contributed by atoms with Crippen molar-refractivity contribution in [3.05, 3.63) is 0 Å². The van der Waals surface area contributed by atoms with Gasteiger partial charge in [0.25, 0.3) is 0 Å². The molecule has 0 saturated carbocycles. The van der Waals surface area contributed by atoms with Crippen molar-refractivity contribution < 1.29 is 19.5 Å². The van der Waals surface area contributed by atoms with E-state index in [0.29, 0.717) is 6.42 Å². The Bertz CT molecular complexity index is 304. The minimum atomic E-state index is -1.17. The SMILES string of the molecule is CCCC(=O)NC(CC(=O)C(C)(C)C)C(=O)O. The van der Waals surface area contributed by atoms with Crippen LogP contribution in [0.3, 0.4) is 0 Å². The topological polar surface area (TPSA) is 83.5 Å². The van der Waals surface area contributed by atoms with Gasteiger partial charge < -0.3 is 10.4 Å². The summed E-state index contributed by atoms with van der Waals surface area (Å²) in [6.07, 6.45) is 0.743.